The van der Waals surface area contributed by atoms with E-state index in [4.69, 9.17) is 14.9 Å². The van der Waals surface area contributed by atoms with Gasteiger partial charge in [0, 0.05) is 54.0 Å². The number of amides is 2. The molecule has 4 atom stereocenters. The van der Waals surface area contributed by atoms with Gasteiger partial charge in [-0.2, -0.15) is 20.3 Å². The van der Waals surface area contributed by atoms with Gasteiger partial charge in [-0.3, -0.25) is 19.6 Å². The molecule has 0 aromatic carbocycles. The van der Waals surface area contributed by atoms with Crippen LogP contribution in [0.25, 0.3) is 0 Å². The maximum absolute atomic E-state index is 11.8. The van der Waals surface area contributed by atoms with Gasteiger partial charge in [0.25, 0.3) is 0 Å². The Labute approximate surface area is 357 Å². The quantitative estimate of drug-likeness (QED) is 0.237. The van der Waals surface area contributed by atoms with E-state index in [0.29, 0.717) is 24.1 Å². The van der Waals surface area contributed by atoms with Crippen molar-refractivity contribution in [3.63, 3.8) is 0 Å². The summed E-state index contributed by atoms with van der Waals surface area (Å²) in [6, 6.07) is 0. The third kappa shape index (κ3) is 10.9. The van der Waals surface area contributed by atoms with Crippen LogP contribution in [0, 0.1) is 21.7 Å². The van der Waals surface area contributed by atoms with Crippen LogP contribution in [0.1, 0.15) is 181 Å². The Morgan fingerprint density at radius 1 is 0.579 bits per heavy atom. The zero-order chi connectivity index (χ0) is 42.4. The summed E-state index contributed by atoms with van der Waals surface area (Å²) in [5.41, 5.74) is -0.170. The molecule has 0 saturated carbocycles. The van der Waals surface area contributed by atoms with E-state index in [0.717, 1.165) is 43.8 Å². The molecule has 0 spiro atoms. The first kappa shape index (κ1) is 46.1. The van der Waals surface area contributed by atoms with Crippen molar-refractivity contribution in [2.24, 2.45) is 42.1 Å². The van der Waals surface area contributed by atoms with Crippen molar-refractivity contribution in [1.29, 1.82) is 0 Å². The number of hydrogen-bond donors (Lipinski definition) is 0. The van der Waals surface area contributed by atoms with Gasteiger partial charge in [0.15, 0.2) is 0 Å². The Morgan fingerprint density at radius 3 is 1.67 bits per heavy atom. The van der Waals surface area contributed by atoms with Gasteiger partial charge in [0.05, 0.1) is 5.37 Å². The summed E-state index contributed by atoms with van der Waals surface area (Å²) in [5.74, 6) is 0.916. The molecule has 2 amide bonds. The molecule has 0 aromatic rings. The minimum absolute atomic E-state index is 0.0469. The fraction of sp³-hybridized carbons (Fsp3) is 0.860. The van der Waals surface area contributed by atoms with Crippen molar-refractivity contribution in [2.45, 2.75) is 202 Å². The molecule has 0 aliphatic carbocycles. The van der Waals surface area contributed by atoms with Crippen LogP contribution in [0.4, 0.5) is 0 Å². The molecule has 0 radical (unpaired) electrons. The Kier molecular flexibility index (Phi) is 13.6. The van der Waals surface area contributed by atoms with E-state index < -0.39 is 5.72 Å². The van der Waals surface area contributed by atoms with Crippen LogP contribution in [0.3, 0.4) is 0 Å². The topological polar surface area (TPSA) is 106 Å². The van der Waals surface area contributed by atoms with Crippen molar-refractivity contribution in [2.75, 3.05) is 13.1 Å². The average Bonchev–Trinajstić information content (AvgIpc) is 3.86. The molecule has 0 bridgehead atoms. The third-order valence-electron chi connectivity index (χ3n) is 11.2. The molecule has 57 heavy (non-hydrogen) atoms. The lowest BCUT2D eigenvalue weighted by atomic mass is 9.96. The van der Waals surface area contributed by atoms with Crippen LogP contribution in [-0.4, -0.2) is 86.8 Å². The van der Waals surface area contributed by atoms with Gasteiger partial charge in [-0.1, -0.05) is 118 Å². The number of ether oxygens (including phenoxy) is 1. The molecule has 4 fully saturated rings. The van der Waals surface area contributed by atoms with E-state index in [1.165, 1.54) is 53.6 Å². The van der Waals surface area contributed by atoms with Gasteiger partial charge >= 0.3 is 0 Å². The zero-order valence-corrected chi connectivity index (χ0v) is 40.5. The number of carbonyl (C=O) groups excluding carboxylic acids is 2. The Morgan fingerprint density at radius 2 is 1.12 bits per heavy atom. The largest absolute Gasteiger partial charge is 0.451 e. The number of piperidine rings is 4. The highest BCUT2D eigenvalue weighted by Gasteiger charge is 2.49. The van der Waals surface area contributed by atoms with Crippen LogP contribution in [-0.2, 0) is 14.3 Å². The van der Waals surface area contributed by atoms with E-state index >= 15 is 0 Å². The summed E-state index contributed by atoms with van der Waals surface area (Å²) >= 11 is 5.72. The first-order valence-electron chi connectivity index (χ1n) is 21.5. The minimum Gasteiger partial charge on any atom is -0.451 e. The Bertz CT molecular complexity index is 1570. The van der Waals surface area contributed by atoms with E-state index in [1.54, 1.807) is 16.8 Å². The van der Waals surface area contributed by atoms with Crippen molar-refractivity contribution >= 4 is 68.1 Å². The molecule has 11 nitrogen and oxygen atoms in total. The lowest BCUT2D eigenvalue weighted by Crippen LogP contribution is -2.48. The highest BCUT2D eigenvalue weighted by Crippen LogP contribution is 2.49. The SMILES string of the molecule is CC(C)(C)C1=NN2C(=O)CCCC2(C)O1.CC(C)(C)C1=NN2C(=O)CCCC2(C)S1.CC(C)(C)C1=NN2CCCCC2(C)S1.CC(C)(C)C1=NN2CCCCC2S1. The van der Waals surface area contributed by atoms with E-state index in [1.807, 2.05) is 51.2 Å². The van der Waals surface area contributed by atoms with Crippen LogP contribution in [0.2, 0.25) is 0 Å². The number of hydrazone groups is 4. The predicted molar refractivity (Wildman–Crippen MR) is 243 cm³/mol. The predicted octanol–water partition coefficient (Wildman–Crippen LogP) is 11.1. The monoisotopic (exact) mass is 847 g/mol. The second-order valence-corrected chi connectivity index (χ2v) is 25.5. The van der Waals surface area contributed by atoms with Crippen molar-refractivity contribution in [3.8, 4) is 0 Å². The molecule has 322 valence electrons. The molecule has 8 aliphatic heterocycles. The van der Waals surface area contributed by atoms with Crippen LogP contribution in [0.15, 0.2) is 20.4 Å². The van der Waals surface area contributed by atoms with E-state index in [9.17, 15) is 9.59 Å². The van der Waals surface area contributed by atoms with Gasteiger partial charge in [0.1, 0.15) is 24.9 Å². The first-order valence-corrected chi connectivity index (χ1v) is 24.0. The summed E-state index contributed by atoms with van der Waals surface area (Å²) in [7, 11) is 0. The van der Waals surface area contributed by atoms with E-state index in [2.05, 4.69) is 96.4 Å². The van der Waals surface area contributed by atoms with Gasteiger partial charge in [-0.15, -0.1) is 5.10 Å². The molecule has 0 N–H and O–H groups in total. The number of fused-ring (bicyclic) bond motifs is 4. The molecule has 0 aromatic heterocycles. The molecule has 14 heteroatoms. The fourth-order valence-electron chi connectivity index (χ4n) is 7.54. The molecular weight excluding hydrogens is 773 g/mol. The van der Waals surface area contributed by atoms with Crippen LogP contribution < -0.4 is 0 Å². The standard InChI is InChI=1S/C11H18N2O2.C11H18N2OS.C11H20N2S.C10H18N2S/c2*1-10(2,3)9-12-13-8(14)6-5-7-11(13,4)15-9;1-10(2,3)9-12-13-8-6-5-7-11(13,4)14-9;1-10(2,3)9-11-12-7-5-4-6-8(12)13-9/h2*5-7H2,1-4H3;5-8H2,1-4H3;8H,4-7H2,1-3H3. The minimum atomic E-state index is -0.530. The Hall–Kier alpha value is -1.93. The molecule has 8 rings (SSSR count). The summed E-state index contributed by atoms with van der Waals surface area (Å²) in [5, 5.41) is 30.5. The number of rotatable bonds is 0. The molecule has 4 saturated heterocycles. The molecule has 4 unspecified atom stereocenters. The zero-order valence-electron chi connectivity index (χ0n) is 38.0. The Balaban J connectivity index is 0.000000145. The van der Waals surface area contributed by atoms with Crippen LogP contribution >= 0.6 is 35.3 Å². The maximum Gasteiger partial charge on any atom is 0.246 e. The van der Waals surface area contributed by atoms with Crippen LogP contribution in [0.5, 0.6) is 0 Å². The second-order valence-electron chi connectivity index (χ2n) is 21.4. The average molecular weight is 847 g/mol. The van der Waals surface area contributed by atoms with Crippen molar-refractivity contribution < 1.29 is 14.3 Å². The lowest BCUT2D eigenvalue weighted by Gasteiger charge is -2.37. The lowest BCUT2D eigenvalue weighted by molar-refractivity contribution is -0.154. The highest BCUT2D eigenvalue weighted by molar-refractivity contribution is 8.15. The van der Waals surface area contributed by atoms with Gasteiger partial charge in [-0.25, -0.2) is 5.01 Å². The number of hydrogen-bond acceptors (Lipinski definition) is 12. The van der Waals surface area contributed by atoms with E-state index in [-0.39, 0.29) is 43.2 Å². The summed E-state index contributed by atoms with van der Waals surface area (Å²) < 4.78 is 5.84. The van der Waals surface area contributed by atoms with Gasteiger partial charge in [0.2, 0.25) is 23.4 Å². The van der Waals surface area contributed by atoms with Crippen molar-refractivity contribution in [1.82, 2.24) is 20.0 Å². The smallest absolute Gasteiger partial charge is 0.246 e. The molecule has 8 aliphatic rings. The van der Waals surface area contributed by atoms with Crippen molar-refractivity contribution in [3.05, 3.63) is 0 Å². The van der Waals surface area contributed by atoms with Gasteiger partial charge in [-0.05, 0) is 78.6 Å². The first-order chi connectivity index (χ1) is 26.1. The number of carbonyl (C=O) groups is 2. The highest BCUT2D eigenvalue weighted by atomic mass is 32.2. The normalized spacial score (nSPS) is 31.1. The summed E-state index contributed by atoms with van der Waals surface area (Å²) in [6.45, 7) is 34.7. The second kappa shape index (κ2) is 16.8. The summed E-state index contributed by atoms with van der Waals surface area (Å²) in [4.78, 5) is 23.6. The van der Waals surface area contributed by atoms with Gasteiger partial charge < -0.3 is 4.74 Å². The third-order valence-corrected chi connectivity index (χ3v) is 16.3. The number of thioether (sulfide) groups is 3. The molecular formula is C43H74N8O3S3. The molecule has 8 heterocycles. The maximum atomic E-state index is 11.8. The fourth-order valence-corrected chi connectivity index (χ4v) is 11.5. The summed E-state index contributed by atoms with van der Waals surface area (Å²) in [6.07, 6.45) is 13.0. The number of nitrogens with zero attached hydrogens (tertiary/aromatic N) is 8.